The van der Waals surface area contributed by atoms with Gasteiger partial charge in [0.25, 0.3) is 5.97 Å². The van der Waals surface area contributed by atoms with Gasteiger partial charge in [-0.05, 0) is 6.42 Å². The van der Waals surface area contributed by atoms with Crippen LogP contribution in [0.3, 0.4) is 0 Å². The third-order valence-electron chi connectivity index (χ3n) is 3.95. The molecule has 0 saturated carbocycles. The Morgan fingerprint density at radius 1 is 0.810 bits per heavy atom. The average molecular weight is 317 g/mol. The van der Waals surface area contributed by atoms with E-state index in [1.165, 1.54) is 38.5 Å². The third-order valence-corrected chi connectivity index (χ3v) is 7.52. The van der Waals surface area contributed by atoms with E-state index >= 15 is 0 Å². The van der Waals surface area contributed by atoms with Crippen molar-refractivity contribution in [2.75, 3.05) is 7.11 Å². The van der Waals surface area contributed by atoms with Crippen molar-refractivity contribution in [2.24, 2.45) is 0 Å². The molecule has 0 fully saturated rings. The fourth-order valence-electron chi connectivity index (χ4n) is 2.58. The van der Waals surface area contributed by atoms with Crippen LogP contribution < -0.4 is 0 Å². The summed E-state index contributed by atoms with van der Waals surface area (Å²) in [7, 11) is -0.578. The molecule has 0 bridgehead atoms. The summed E-state index contributed by atoms with van der Waals surface area (Å²) in [5.41, 5.74) is 0. The lowest BCUT2D eigenvalue weighted by molar-refractivity contribution is -0.136. The molecule has 0 heterocycles. The molecule has 0 N–H and O–H groups in total. The highest BCUT2D eigenvalue weighted by molar-refractivity contribution is 6.68. The summed E-state index contributed by atoms with van der Waals surface area (Å²) < 4.78 is 11.7. The molecule has 0 aromatic rings. The minimum absolute atomic E-state index is 0.0583. The molecular formula is C17H36O3Si. The van der Waals surface area contributed by atoms with E-state index in [2.05, 4.69) is 13.8 Å². The molecule has 21 heavy (non-hydrogen) atoms. The summed E-state index contributed by atoms with van der Waals surface area (Å²) in [4.78, 5) is 11.9. The van der Waals surface area contributed by atoms with Crippen LogP contribution in [-0.2, 0) is 13.6 Å². The van der Waals surface area contributed by atoms with Gasteiger partial charge < -0.3 is 8.85 Å². The molecular weight excluding hydrogens is 280 g/mol. The highest BCUT2D eigenvalue weighted by Gasteiger charge is 2.39. The lowest BCUT2D eigenvalue weighted by atomic mass is 10.2. The smallest absolute Gasteiger partial charge is 0.401 e. The van der Waals surface area contributed by atoms with Gasteiger partial charge in [0.05, 0.1) is 0 Å². The van der Waals surface area contributed by atoms with E-state index in [0.717, 1.165) is 31.4 Å². The van der Waals surface area contributed by atoms with Crippen molar-refractivity contribution >= 4 is 14.5 Å². The number of unbranched alkanes of at least 4 members (excludes halogenated alkanes) is 6. The SMILES string of the molecule is CCCCCC[Si](CCCCCC)(OC)OC(=O)CCC. The molecule has 0 spiro atoms. The lowest BCUT2D eigenvalue weighted by Crippen LogP contribution is -2.43. The van der Waals surface area contributed by atoms with Gasteiger partial charge in [-0.2, -0.15) is 0 Å². The summed E-state index contributed by atoms with van der Waals surface area (Å²) in [5, 5.41) is 0. The molecule has 0 aliphatic heterocycles. The molecule has 4 heteroatoms. The van der Waals surface area contributed by atoms with Crippen molar-refractivity contribution in [2.45, 2.75) is 97.1 Å². The van der Waals surface area contributed by atoms with Crippen LogP contribution in [0.4, 0.5) is 0 Å². The van der Waals surface area contributed by atoms with Gasteiger partial charge >= 0.3 is 8.56 Å². The molecule has 3 nitrogen and oxygen atoms in total. The zero-order valence-corrected chi connectivity index (χ0v) is 15.7. The van der Waals surface area contributed by atoms with Crippen LogP contribution in [0.25, 0.3) is 0 Å². The Morgan fingerprint density at radius 2 is 1.33 bits per heavy atom. The summed E-state index contributed by atoms with van der Waals surface area (Å²) in [5.74, 6) is -0.0583. The Bertz CT molecular complexity index is 244. The first-order valence-electron chi connectivity index (χ1n) is 8.91. The van der Waals surface area contributed by atoms with Crippen LogP contribution in [0.15, 0.2) is 0 Å². The first-order valence-corrected chi connectivity index (χ1v) is 11.1. The monoisotopic (exact) mass is 316 g/mol. The molecule has 0 radical (unpaired) electrons. The third kappa shape index (κ3) is 10.1. The molecule has 0 aliphatic carbocycles. The Morgan fingerprint density at radius 3 is 1.71 bits per heavy atom. The van der Waals surface area contributed by atoms with Gasteiger partial charge in [-0.1, -0.05) is 72.1 Å². The predicted molar refractivity (Wildman–Crippen MR) is 91.7 cm³/mol. The van der Waals surface area contributed by atoms with Crippen LogP contribution in [0.1, 0.15) is 85.0 Å². The lowest BCUT2D eigenvalue weighted by Gasteiger charge is -2.29. The Balaban J connectivity index is 4.46. The first-order chi connectivity index (χ1) is 10.1. The molecule has 0 aliphatic rings. The van der Waals surface area contributed by atoms with Crippen molar-refractivity contribution in [3.8, 4) is 0 Å². The van der Waals surface area contributed by atoms with E-state index in [1.807, 2.05) is 6.92 Å². The number of carbonyl (C=O) groups excluding carboxylic acids is 1. The Hall–Kier alpha value is -0.353. The van der Waals surface area contributed by atoms with Crippen molar-refractivity contribution in [3.63, 3.8) is 0 Å². The van der Waals surface area contributed by atoms with Gasteiger partial charge in [-0.15, -0.1) is 0 Å². The van der Waals surface area contributed by atoms with Crippen LogP contribution in [0, 0.1) is 0 Å². The average Bonchev–Trinajstić information content (AvgIpc) is 2.48. The molecule has 0 unspecified atom stereocenters. The normalized spacial score (nSPS) is 11.6. The van der Waals surface area contributed by atoms with E-state index in [9.17, 15) is 4.79 Å². The quantitative estimate of drug-likeness (QED) is 0.310. The maximum absolute atomic E-state index is 11.9. The molecule has 0 aromatic carbocycles. The number of hydrogen-bond donors (Lipinski definition) is 0. The van der Waals surface area contributed by atoms with Gasteiger partial charge in [0.1, 0.15) is 0 Å². The number of rotatable bonds is 14. The zero-order valence-electron chi connectivity index (χ0n) is 14.7. The highest BCUT2D eigenvalue weighted by Crippen LogP contribution is 2.26. The summed E-state index contributed by atoms with van der Waals surface area (Å²) in [6.45, 7) is 6.44. The largest absolute Gasteiger partial charge is 0.494 e. The fraction of sp³-hybridized carbons (Fsp3) is 0.941. The Kier molecular flexibility index (Phi) is 13.1. The second-order valence-corrected chi connectivity index (χ2v) is 9.39. The van der Waals surface area contributed by atoms with Gasteiger partial charge in [0.15, 0.2) is 0 Å². The summed E-state index contributed by atoms with van der Waals surface area (Å²) >= 11 is 0. The van der Waals surface area contributed by atoms with Gasteiger partial charge in [0.2, 0.25) is 0 Å². The van der Waals surface area contributed by atoms with Crippen molar-refractivity contribution < 1.29 is 13.6 Å². The predicted octanol–water partition coefficient (Wildman–Crippen LogP) is 5.58. The second-order valence-electron chi connectivity index (χ2n) is 5.96. The minimum atomic E-state index is -2.32. The van der Waals surface area contributed by atoms with Crippen LogP contribution in [-0.4, -0.2) is 21.6 Å². The topological polar surface area (TPSA) is 35.5 Å². The van der Waals surface area contributed by atoms with E-state index in [1.54, 1.807) is 7.11 Å². The molecule has 0 rings (SSSR count). The van der Waals surface area contributed by atoms with E-state index < -0.39 is 8.56 Å². The van der Waals surface area contributed by atoms with Crippen molar-refractivity contribution in [1.82, 2.24) is 0 Å². The van der Waals surface area contributed by atoms with Gasteiger partial charge in [0, 0.05) is 25.6 Å². The molecule has 0 amide bonds. The van der Waals surface area contributed by atoms with Gasteiger partial charge in [-0.3, -0.25) is 4.79 Å². The fourth-order valence-corrected chi connectivity index (χ4v) is 5.62. The number of carbonyl (C=O) groups is 1. The maximum atomic E-state index is 11.9. The molecule has 126 valence electrons. The molecule has 0 saturated heterocycles. The first kappa shape index (κ1) is 20.6. The van der Waals surface area contributed by atoms with Crippen LogP contribution in [0.2, 0.25) is 12.1 Å². The van der Waals surface area contributed by atoms with E-state index in [-0.39, 0.29) is 5.97 Å². The van der Waals surface area contributed by atoms with E-state index in [0.29, 0.717) is 6.42 Å². The standard InChI is InChI=1S/C17H36O3Si/c1-5-8-10-12-15-21(19-4,16-13-11-9-6-2)20-17(18)14-7-3/h5-16H2,1-4H3. The van der Waals surface area contributed by atoms with Crippen LogP contribution >= 0.6 is 0 Å². The Labute approximate surface area is 133 Å². The minimum Gasteiger partial charge on any atom is -0.494 e. The number of hydrogen-bond acceptors (Lipinski definition) is 3. The molecule has 0 aromatic heterocycles. The summed E-state index contributed by atoms with van der Waals surface area (Å²) in [6.07, 6.45) is 11.0. The van der Waals surface area contributed by atoms with Crippen LogP contribution in [0.5, 0.6) is 0 Å². The summed E-state index contributed by atoms with van der Waals surface area (Å²) in [6, 6.07) is 1.93. The second kappa shape index (κ2) is 13.3. The van der Waals surface area contributed by atoms with Gasteiger partial charge in [-0.25, -0.2) is 0 Å². The highest BCUT2D eigenvalue weighted by atomic mass is 28.4. The van der Waals surface area contributed by atoms with Crippen molar-refractivity contribution in [1.29, 1.82) is 0 Å². The maximum Gasteiger partial charge on any atom is 0.401 e. The van der Waals surface area contributed by atoms with Crippen molar-refractivity contribution in [3.05, 3.63) is 0 Å². The zero-order chi connectivity index (χ0) is 16.0. The van der Waals surface area contributed by atoms with E-state index in [4.69, 9.17) is 8.85 Å². The molecule has 0 atom stereocenters.